The summed E-state index contributed by atoms with van der Waals surface area (Å²) in [7, 11) is 4.96. The van der Waals surface area contributed by atoms with Gasteiger partial charge in [-0.05, 0) is 31.0 Å². The monoisotopic (exact) mass is 398 g/mol. The minimum absolute atomic E-state index is 0.0232. The zero-order chi connectivity index (χ0) is 21.0. The van der Waals surface area contributed by atoms with E-state index in [1.165, 1.54) is 20.5 Å². The van der Waals surface area contributed by atoms with Gasteiger partial charge in [0, 0.05) is 36.3 Å². The molecule has 0 saturated carbocycles. The smallest absolute Gasteiger partial charge is 0.337 e. The Bertz CT molecular complexity index is 915. The summed E-state index contributed by atoms with van der Waals surface area (Å²) in [5.41, 5.74) is 3.10. The molecule has 0 aliphatic carbocycles. The predicted molar refractivity (Wildman–Crippen MR) is 113 cm³/mol. The van der Waals surface area contributed by atoms with Crippen molar-refractivity contribution in [2.45, 2.75) is 26.2 Å². The Balaban J connectivity index is 2.09. The van der Waals surface area contributed by atoms with E-state index in [0.29, 0.717) is 11.3 Å². The van der Waals surface area contributed by atoms with Crippen LogP contribution in [0.25, 0.3) is 10.9 Å². The molecule has 0 bridgehead atoms. The van der Waals surface area contributed by atoms with Gasteiger partial charge in [0.05, 0.1) is 31.7 Å². The predicted octanol–water partition coefficient (Wildman–Crippen LogP) is 3.57. The zero-order valence-electron chi connectivity index (χ0n) is 17.7. The minimum atomic E-state index is -0.445. The van der Waals surface area contributed by atoms with Gasteiger partial charge in [0.2, 0.25) is 0 Å². The average molecular weight is 399 g/mol. The van der Waals surface area contributed by atoms with Crippen LogP contribution in [0.3, 0.4) is 0 Å². The number of ether oxygens (including phenoxy) is 2. The first kappa shape index (κ1) is 21.1. The highest BCUT2D eigenvalue weighted by Gasteiger charge is 2.34. The molecule has 0 spiro atoms. The first-order chi connectivity index (χ1) is 14.0. The van der Waals surface area contributed by atoms with Crippen molar-refractivity contribution >= 4 is 22.7 Å². The molecule has 156 valence electrons. The van der Waals surface area contributed by atoms with E-state index in [4.69, 9.17) is 9.47 Å². The van der Waals surface area contributed by atoms with Gasteiger partial charge < -0.3 is 19.4 Å². The molecule has 0 amide bonds. The van der Waals surface area contributed by atoms with Crippen LogP contribution in [0.2, 0.25) is 0 Å². The quantitative estimate of drug-likeness (QED) is 0.484. The van der Waals surface area contributed by atoms with Crippen molar-refractivity contribution in [1.82, 2.24) is 9.88 Å². The molecule has 1 aromatic carbocycles. The molecule has 0 unspecified atom stereocenters. The number of carbonyl (C=O) groups is 2. The van der Waals surface area contributed by atoms with Crippen LogP contribution in [-0.4, -0.2) is 56.0 Å². The normalized spacial score (nSPS) is 21.7. The number of rotatable bonds is 4. The van der Waals surface area contributed by atoms with E-state index in [1.54, 1.807) is 0 Å². The highest BCUT2D eigenvalue weighted by molar-refractivity contribution is 6.03. The number of nitrogens with one attached hydrogen (secondary N) is 1. The average Bonchev–Trinajstić information content (AvgIpc) is 3.11. The molecule has 29 heavy (non-hydrogen) atoms. The molecule has 2 heterocycles. The summed E-state index contributed by atoms with van der Waals surface area (Å²) in [6.45, 7) is 3.73. The summed E-state index contributed by atoms with van der Waals surface area (Å²) in [4.78, 5) is 31.5. The Morgan fingerprint density at radius 3 is 2.76 bits per heavy atom. The maximum atomic E-state index is 13.4. The van der Waals surface area contributed by atoms with Crippen LogP contribution in [-0.2, 0) is 20.7 Å². The number of benzene rings is 1. The van der Waals surface area contributed by atoms with E-state index < -0.39 is 5.97 Å². The van der Waals surface area contributed by atoms with Crippen molar-refractivity contribution in [2.75, 3.05) is 34.4 Å². The SMILES string of the molecule is CC[C@H]1CN(C)CCc2c([nH]c3ccccc23)C(=O)C[C@H]1/C(=C/OC)C(=O)OC. The molecule has 6 heteroatoms. The van der Waals surface area contributed by atoms with E-state index in [9.17, 15) is 9.59 Å². The lowest BCUT2D eigenvalue weighted by molar-refractivity contribution is -0.137. The second-order valence-electron chi connectivity index (χ2n) is 7.74. The van der Waals surface area contributed by atoms with Crippen molar-refractivity contribution in [1.29, 1.82) is 0 Å². The third kappa shape index (κ3) is 4.37. The van der Waals surface area contributed by atoms with Gasteiger partial charge in [-0.3, -0.25) is 4.79 Å². The zero-order valence-corrected chi connectivity index (χ0v) is 17.7. The number of carbonyl (C=O) groups excluding carboxylic acids is 2. The van der Waals surface area contributed by atoms with E-state index in [2.05, 4.69) is 29.9 Å². The highest BCUT2D eigenvalue weighted by Crippen LogP contribution is 2.33. The fraction of sp³-hybridized carbons (Fsp3) is 0.478. The molecule has 2 aromatic rings. The van der Waals surface area contributed by atoms with E-state index in [1.807, 2.05) is 18.2 Å². The lowest BCUT2D eigenvalue weighted by atomic mass is 9.79. The van der Waals surface area contributed by atoms with Crippen molar-refractivity contribution in [3.8, 4) is 0 Å². The molecule has 1 N–H and O–H groups in total. The van der Waals surface area contributed by atoms with Crippen LogP contribution in [0.5, 0.6) is 0 Å². The Morgan fingerprint density at radius 2 is 2.07 bits per heavy atom. The fourth-order valence-electron chi connectivity index (χ4n) is 4.40. The van der Waals surface area contributed by atoms with Crippen LogP contribution < -0.4 is 0 Å². The number of esters is 1. The molecule has 3 rings (SSSR count). The topological polar surface area (TPSA) is 71.6 Å². The second-order valence-corrected chi connectivity index (χ2v) is 7.74. The van der Waals surface area contributed by atoms with Gasteiger partial charge in [-0.15, -0.1) is 0 Å². The number of ketones is 1. The summed E-state index contributed by atoms with van der Waals surface area (Å²) < 4.78 is 10.2. The van der Waals surface area contributed by atoms with Gasteiger partial charge in [-0.1, -0.05) is 31.5 Å². The van der Waals surface area contributed by atoms with Gasteiger partial charge in [-0.2, -0.15) is 0 Å². The van der Waals surface area contributed by atoms with E-state index >= 15 is 0 Å². The number of aromatic nitrogens is 1. The van der Waals surface area contributed by atoms with E-state index in [-0.39, 0.29) is 24.0 Å². The first-order valence-corrected chi connectivity index (χ1v) is 10.1. The van der Waals surface area contributed by atoms with Crippen molar-refractivity contribution in [3.05, 3.63) is 47.4 Å². The molecule has 2 atom stereocenters. The van der Waals surface area contributed by atoms with Gasteiger partial charge in [0.1, 0.15) is 0 Å². The van der Waals surface area contributed by atoms with Crippen molar-refractivity contribution in [3.63, 3.8) is 0 Å². The lowest BCUT2D eigenvalue weighted by Gasteiger charge is -2.31. The van der Waals surface area contributed by atoms with Crippen LogP contribution in [0.15, 0.2) is 36.1 Å². The van der Waals surface area contributed by atoms with Crippen molar-refractivity contribution in [2.24, 2.45) is 11.8 Å². The van der Waals surface area contributed by atoms with E-state index in [0.717, 1.165) is 42.4 Å². The molecule has 1 aliphatic heterocycles. The molecular weight excluding hydrogens is 368 g/mol. The summed E-state index contributed by atoms with van der Waals surface area (Å²) in [6, 6.07) is 8.01. The Hall–Kier alpha value is -2.60. The molecule has 1 aromatic heterocycles. The number of likely N-dealkylation sites (N-methyl/N-ethyl adjacent to an activating group) is 1. The Kier molecular flexibility index (Phi) is 6.75. The molecule has 0 fully saturated rings. The molecule has 6 nitrogen and oxygen atoms in total. The number of aromatic amines is 1. The molecular formula is C23H30N2O4. The van der Waals surface area contributed by atoms with Crippen LogP contribution in [0.1, 0.15) is 35.8 Å². The summed E-state index contributed by atoms with van der Waals surface area (Å²) in [6.07, 6.45) is 3.32. The largest absolute Gasteiger partial charge is 0.504 e. The number of para-hydroxylation sites is 1. The summed E-state index contributed by atoms with van der Waals surface area (Å²) in [5, 5.41) is 1.09. The number of nitrogens with zero attached hydrogens (tertiary/aromatic N) is 1. The summed E-state index contributed by atoms with van der Waals surface area (Å²) in [5.74, 6) is -0.565. The highest BCUT2D eigenvalue weighted by atomic mass is 16.5. The summed E-state index contributed by atoms with van der Waals surface area (Å²) >= 11 is 0. The maximum Gasteiger partial charge on any atom is 0.337 e. The minimum Gasteiger partial charge on any atom is -0.504 e. The third-order valence-corrected chi connectivity index (χ3v) is 5.95. The van der Waals surface area contributed by atoms with Gasteiger partial charge in [0.25, 0.3) is 0 Å². The molecule has 0 saturated heterocycles. The van der Waals surface area contributed by atoms with Crippen LogP contribution >= 0.6 is 0 Å². The Morgan fingerprint density at radius 1 is 1.31 bits per heavy atom. The second kappa shape index (κ2) is 9.27. The number of fused-ring (bicyclic) bond motifs is 3. The maximum absolute atomic E-state index is 13.4. The molecule has 1 aliphatic rings. The van der Waals surface area contributed by atoms with Gasteiger partial charge in [-0.25, -0.2) is 4.79 Å². The van der Waals surface area contributed by atoms with Crippen molar-refractivity contribution < 1.29 is 19.1 Å². The van der Waals surface area contributed by atoms with Gasteiger partial charge >= 0.3 is 5.97 Å². The number of H-pyrrole nitrogens is 1. The van der Waals surface area contributed by atoms with Gasteiger partial charge in [0.15, 0.2) is 5.78 Å². The lowest BCUT2D eigenvalue weighted by Crippen LogP contribution is -2.35. The first-order valence-electron chi connectivity index (χ1n) is 10.1. The number of hydrogen-bond acceptors (Lipinski definition) is 5. The standard InChI is InChI=1S/C23H30N2O4/c1-5-15-13-25(2)11-10-17-16-8-6-7-9-20(16)24-22(17)21(26)12-18(15)19(14-28-3)23(27)29-4/h6-9,14-15,18,24H,5,10-13H2,1-4H3/b19-14-/t15-,18+/m0/s1. The number of Topliss-reactive ketones (excluding diaryl/α,β-unsaturated/α-hetero) is 1. The molecule has 0 radical (unpaired) electrons. The number of hydrogen-bond donors (Lipinski definition) is 1. The van der Waals surface area contributed by atoms with Crippen LogP contribution in [0.4, 0.5) is 0 Å². The fourth-order valence-corrected chi connectivity index (χ4v) is 4.40. The Labute approximate surface area is 171 Å². The number of methoxy groups -OCH3 is 2. The third-order valence-electron chi connectivity index (χ3n) is 5.95. The van der Waals surface area contributed by atoms with Crippen LogP contribution in [0, 0.1) is 11.8 Å².